The number of hydrogen-bond donors (Lipinski definition) is 0. The van der Waals surface area contributed by atoms with Crippen molar-refractivity contribution in [2.75, 3.05) is 6.73 Å². The van der Waals surface area contributed by atoms with Crippen LogP contribution in [0.25, 0.3) is 0 Å². The van der Waals surface area contributed by atoms with Gasteiger partial charge in [0.2, 0.25) is 0 Å². The van der Waals surface area contributed by atoms with Gasteiger partial charge in [0.15, 0.2) is 0 Å². The van der Waals surface area contributed by atoms with E-state index >= 15 is 0 Å². The van der Waals surface area contributed by atoms with E-state index in [9.17, 15) is 13.2 Å². The highest BCUT2D eigenvalue weighted by molar-refractivity contribution is 9.10. The maximum atomic E-state index is 13.0. The minimum atomic E-state index is -4.35. The monoisotopic (exact) mass is 454 g/mol. The third-order valence-corrected chi connectivity index (χ3v) is 5.43. The van der Waals surface area contributed by atoms with Gasteiger partial charge in [-0.3, -0.25) is 0 Å². The van der Waals surface area contributed by atoms with Crippen LogP contribution in [-0.4, -0.2) is 22.7 Å². The fourth-order valence-electron chi connectivity index (χ4n) is 3.23. The molecule has 0 saturated heterocycles. The first-order valence-corrected chi connectivity index (χ1v) is 9.85. The molecule has 2 aromatic carbocycles. The van der Waals surface area contributed by atoms with Gasteiger partial charge in [0, 0.05) is 23.4 Å². The van der Waals surface area contributed by atoms with E-state index in [1.165, 1.54) is 12.1 Å². The Balaban J connectivity index is 1.62. The highest BCUT2D eigenvalue weighted by Crippen LogP contribution is 2.33. The second-order valence-electron chi connectivity index (χ2n) is 6.64. The van der Waals surface area contributed by atoms with Crippen LogP contribution in [0.3, 0.4) is 0 Å². The van der Waals surface area contributed by atoms with E-state index in [0.717, 1.165) is 18.1 Å². The summed E-state index contributed by atoms with van der Waals surface area (Å²) in [6, 6.07) is 13.7. The normalized spacial score (nSPS) is 16.8. The fraction of sp³-hybridized carbons (Fsp3) is 0.333. The van der Waals surface area contributed by atoms with Gasteiger partial charge in [-0.1, -0.05) is 53.2 Å². The Hall–Kier alpha value is -1.99. The summed E-state index contributed by atoms with van der Waals surface area (Å²) in [6.45, 7) is 3.37. The lowest BCUT2D eigenvalue weighted by Gasteiger charge is -2.32. The predicted molar refractivity (Wildman–Crippen MR) is 106 cm³/mol. The molecule has 1 aliphatic heterocycles. The molecule has 0 unspecified atom stereocenters. The summed E-state index contributed by atoms with van der Waals surface area (Å²) in [5.41, 5.74) is 1.07. The summed E-state index contributed by atoms with van der Waals surface area (Å²) in [6.07, 6.45) is 0.348. The second kappa shape index (κ2) is 9.01. The molecule has 3 rings (SSSR count). The molecule has 0 bridgehead atoms. The van der Waals surface area contributed by atoms with Gasteiger partial charge in [-0.15, -0.1) is 0 Å². The number of alkyl halides is 3. The van der Waals surface area contributed by atoms with Gasteiger partial charge >= 0.3 is 6.18 Å². The topological polar surface area (TPSA) is 15.7 Å². The van der Waals surface area contributed by atoms with Crippen molar-refractivity contribution < 1.29 is 17.9 Å². The van der Waals surface area contributed by atoms with Crippen LogP contribution in [-0.2, 0) is 24.1 Å². The quantitative estimate of drug-likeness (QED) is 0.512. The number of halogens is 4. The van der Waals surface area contributed by atoms with E-state index in [-0.39, 0.29) is 6.17 Å². The summed E-state index contributed by atoms with van der Waals surface area (Å²) in [5, 5.41) is 0. The largest absolute Gasteiger partial charge is 0.416 e. The number of ether oxygens (including phenoxy) is 1. The molecule has 0 amide bonds. The molecule has 0 aromatic heterocycles. The van der Waals surface area contributed by atoms with Gasteiger partial charge in [0.25, 0.3) is 0 Å². The molecule has 0 spiro atoms. The van der Waals surface area contributed by atoms with Crippen molar-refractivity contribution in [1.82, 2.24) is 9.80 Å². The number of benzene rings is 2. The molecule has 150 valence electrons. The van der Waals surface area contributed by atoms with Crippen LogP contribution >= 0.6 is 15.9 Å². The van der Waals surface area contributed by atoms with E-state index in [0.29, 0.717) is 29.9 Å². The molecule has 1 heterocycles. The highest BCUT2D eigenvalue weighted by atomic mass is 79.9. The fourth-order valence-corrected chi connectivity index (χ4v) is 3.60. The molecule has 0 aliphatic carbocycles. The molecule has 7 heteroatoms. The van der Waals surface area contributed by atoms with Crippen LogP contribution in [0.5, 0.6) is 0 Å². The van der Waals surface area contributed by atoms with Crippen LogP contribution in [0.1, 0.15) is 30.0 Å². The standard InChI is InChI=1S/C21H22BrF3N2O/c1-2-20-26(13-17-12-18(21(23,24)25)8-9-19(17)22)10-11-27(20)15-28-14-16-6-4-3-5-7-16/h3-12,20H,2,13-15H2,1H3/t20-/m0/s1. The Morgan fingerprint density at radius 3 is 2.43 bits per heavy atom. The molecular weight excluding hydrogens is 433 g/mol. The summed E-state index contributed by atoms with van der Waals surface area (Å²) >= 11 is 3.37. The molecular formula is C21H22BrF3N2O. The summed E-state index contributed by atoms with van der Waals surface area (Å²) < 4.78 is 45.6. The first kappa shape index (κ1) is 20.7. The van der Waals surface area contributed by atoms with Crippen molar-refractivity contribution in [2.45, 2.75) is 38.8 Å². The van der Waals surface area contributed by atoms with Crippen LogP contribution in [0.15, 0.2) is 65.4 Å². The van der Waals surface area contributed by atoms with Crippen LogP contribution in [0.4, 0.5) is 13.2 Å². The first-order valence-electron chi connectivity index (χ1n) is 9.05. The van der Waals surface area contributed by atoms with Crippen LogP contribution in [0, 0.1) is 0 Å². The Morgan fingerprint density at radius 2 is 1.75 bits per heavy atom. The maximum absolute atomic E-state index is 13.0. The number of rotatable bonds is 7. The molecule has 1 atom stereocenters. The number of nitrogens with zero attached hydrogens (tertiary/aromatic N) is 2. The molecule has 0 fully saturated rings. The summed E-state index contributed by atoms with van der Waals surface area (Å²) in [7, 11) is 0. The van der Waals surface area contributed by atoms with E-state index in [2.05, 4.69) is 27.8 Å². The minimum Gasteiger partial charge on any atom is -0.356 e. The number of hydrogen-bond acceptors (Lipinski definition) is 3. The average Bonchev–Trinajstić information content (AvgIpc) is 3.05. The van der Waals surface area contributed by atoms with Crippen molar-refractivity contribution in [3.05, 3.63) is 82.1 Å². The summed E-state index contributed by atoms with van der Waals surface area (Å²) in [4.78, 5) is 4.09. The van der Waals surface area contributed by atoms with Crippen molar-refractivity contribution in [2.24, 2.45) is 0 Å². The Kier molecular flexibility index (Phi) is 6.67. The van der Waals surface area contributed by atoms with Crippen molar-refractivity contribution in [3.63, 3.8) is 0 Å². The first-order chi connectivity index (χ1) is 13.4. The van der Waals surface area contributed by atoms with Crippen molar-refractivity contribution in [1.29, 1.82) is 0 Å². The molecule has 0 saturated carbocycles. The second-order valence-corrected chi connectivity index (χ2v) is 7.50. The molecule has 2 aromatic rings. The molecule has 28 heavy (non-hydrogen) atoms. The van der Waals surface area contributed by atoms with Crippen LogP contribution < -0.4 is 0 Å². The van der Waals surface area contributed by atoms with Gasteiger partial charge in [0.1, 0.15) is 12.9 Å². The molecule has 0 N–H and O–H groups in total. The zero-order chi connectivity index (χ0) is 20.1. The van der Waals surface area contributed by atoms with Gasteiger partial charge in [-0.2, -0.15) is 13.2 Å². The lowest BCUT2D eigenvalue weighted by Crippen LogP contribution is -2.38. The SMILES string of the molecule is CC[C@@H]1N(COCc2ccccc2)C=CN1Cc1cc(C(F)(F)F)ccc1Br. The van der Waals surface area contributed by atoms with E-state index < -0.39 is 11.7 Å². The van der Waals surface area contributed by atoms with Gasteiger partial charge < -0.3 is 14.5 Å². The van der Waals surface area contributed by atoms with Gasteiger partial charge in [-0.25, -0.2) is 0 Å². The van der Waals surface area contributed by atoms with Crippen molar-refractivity contribution >= 4 is 15.9 Å². The Labute approximate surface area is 171 Å². The third kappa shape index (κ3) is 5.08. The summed E-state index contributed by atoms with van der Waals surface area (Å²) in [5.74, 6) is 0. The Bertz CT molecular complexity index is 811. The van der Waals surface area contributed by atoms with Gasteiger partial charge in [0.05, 0.1) is 12.2 Å². The zero-order valence-corrected chi connectivity index (χ0v) is 17.1. The van der Waals surface area contributed by atoms with Gasteiger partial charge in [-0.05, 0) is 35.7 Å². The average molecular weight is 455 g/mol. The molecule has 3 nitrogen and oxygen atoms in total. The van der Waals surface area contributed by atoms with E-state index in [1.54, 1.807) is 0 Å². The van der Waals surface area contributed by atoms with Crippen molar-refractivity contribution in [3.8, 4) is 0 Å². The lowest BCUT2D eigenvalue weighted by atomic mass is 10.1. The molecule has 1 aliphatic rings. The molecule has 0 radical (unpaired) electrons. The minimum absolute atomic E-state index is 0.0391. The third-order valence-electron chi connectivity index (χ3n) is 4.66. The zero-order valence-electron chi connectivity index (χ0n) is 15.5. The van der Waals surface area contributed by atoms with E-state index in [1.807, 2.05) is 47.6 Å². The predicted octanol–water partition coefficient (Wildman–Crippen LogP) is 5.97. The Morgan fingerprint density at radius 1 is 1.04 bits per heavy atom. The van der Waals surface area contributed by atoms with Crippen LogP contribution in [0.2, 0.25) is 0 Å². The highest BCUT2D eigenvalue weighted by Gasteiger charge is 2.31. The smallest absolute Gasteiger partial charge is 0.356 e. The lowest BCUT2D eigenvalue weighted by molar-refractivity contribution is -0.137. The maximum Gasteiger partial charge on any atom is 0.416 e. The van der Waals surface area contributed by atoms with E-state index in [4.69, 9.17) is 4.74 Å².